The van der Waals surface area contributed by atoms with Gasteiger partial charge in [0.1, 0.15) is 6.17 Å². The van der Waals surface area contributed by atoms with Crippen LogP contribution in [0.4, 0.5) is 5.69 Å². The molecule has 20 heavy (non-hydrogen) atoms. The van der Waals surface area contributed by atoms with Gasteiger partial charge in [0.2, 0.25) is 0 Å². The van der Waals surface area contributed by atoms with E-state index in [1.54, 1.807) is 0 Å². The first-order valence-electron chi connectivity index (χ1n) is 7.18. The van der Waals surface area contributed by atoms with Gasteiger partial charge < -0.3 is 10.6 Å². The van der Waals surface area contributed by atoms with E-state index in [0.29, 0.717) is 0 Å². The van der Waals surface area contributed by atoms with Crippen LogP contribution in [0.15, 0.2) is 59.8 Å². The second kappa shape index (κ2) is 4.64. The lowest BCUT2D eigenvalue weighted by atomic mass is 9.80. The average molecular weight is 266 g/mol. The van der Waals surface area contributed by atoms with E-state index in [9.17, 15) is 0 Å². The Morgan fingerprint density at radius 3 is 2.55 bits per heavy atom. The number of benzene rings is 1. The van der Waals surface area contributed by atoms with Crippen molar-refractivity contribution < 1.29 is 0 Å². The predicted octanol–water partition coefficient (Wildman–Crippen LogP) is 3.90. The average Bonchev–Trinajstić information content (AvgIpc) is 2.39. The molecule has 3 rings (SSSR count). The van der Waals surface area contributed by atoms with Crippen molar-refractivity contribution >= 4 is 5.69 Å². The molecule has 0 saturated carbocycles. The van der Waals surface area contributed by atoms with Crippen molar-refractivity contribution in [2.45, 2.75) is 33.4 Å². The van der Waals surface area contributed by atoms with Gasteiger partial charge in [0, 0.05) is 11.4 Å². The van der Waals surface area contributed by atoms with Crippen LogP contribution < -0.4 is 10.6 Å². The molecule has 2 heteroatoms. The Morgan fingerprint density at radius 1 is 1.15 bits per heavy atom. The van der Waals surface area contributed by atoms with Crippen LogP contribution in [0.3, 0.4) is 0 Å². The molecule has 1 atom stereocenters. The van der Waals surface area contributed by atoms with Crippen molar-refractivity contribution in [3.63, 3.8) is 0 Å². The van der Waals surface area contributed by atoms with Crippen LogP contribution in [0, 0.1) is 12.3 Å². The molecule has 0 saturated heterocycles. The van der Waals surface area contributed by atoms with Gasteiger partial charge in [0.15, 0.2) is 0 Å². The van der Waals surface area contributed by atoms with Gasteiger partial charge in [-0.05, 0) is 42.5 Å². The van der Waals surface area contributed by atoms with Crippen molar-refractivity contribution in [2.75, 3.05) is 4.90 Å². The lowest BCUT2D eigenvalue weighted by Gasteiger charge is -2.40. The summed E-state index contributed by atoms with van der Waals surface area (Å²) < 4.78 is 0. The molecule has 2 aliphatic rings. The summed E-state index contributed by atoms with van der Waals surface area (Å²) in [5, 5.41) is 0. The number of anilines is 1. The summed E-state index contributed by atoms with van der Waals surface area (Å²) in [5.41, 5.74) is 11.6. The van der Waals surface area contributed by atoms with Gasteiger partial charge >= 0.3 is 0 Å². The topological polar surface area (TPSA) is 29.3 Å². The van der Waals surface area contributed by atoms with Gasteiger partial charge in [0.05, 0.1) is 0 Å². The molecule has 0 fully saturated rings. The van der Waals surface area contributed by atoms with E-state index in [2.05, 4.69) is 74.2 Å². The lowest BCUT2D eigenvalue weighted by Crippen LogP contribution is -2.43. The normalized spacial score (nSPS) is 24.0. The summed E-state index contributed by atoms with van der Waals surface area (Å²) >= 11 is 0. The van der Waals surface area contributed by atoms with Crippen LogP contribution in [0.5, 0.6) is 0 Å². The number of allylic oxidation sites excluding steroid dienone is 5. The maximum atomic E-state index is 6.33. The van der Waals surface area contributed by atoms with Crippen LogP contribution in [0.2, 0.25) is 0 Å². The molecule has 1 aliphatic heterocycles. The smallest absolute Gasteiger partial charge is 0.101 e. The Balaban J connectivity index is 2.04. The number of nitrogens with two attached hydrogens (primary N) is 1. The van der Waals surface area contributed by atoms with E-state index >= 15 is 0 Å². The van der Waals surface area contributed by atoms with Gasteiger partial charge in [-0.3, -0.25) is 0 Å². The zero-order valence-electron chi connectivity index (χ0n) is 12.4. The molecule has 0 radical (unpaired) electrons. The highest BCUT2D eigenvalue weighted by Crippen LogP contribution is 2.39. The molecule has 1 unspecified atom stereocenters. The molecule has 2 nitrogen and oxygen atoms in total. The molecule has 1 aromatic carbocycles. The lowest BCUT2D eigenvalue weighted by molar-refractivity contribution is 0.455. The van der Waals surface area contributed by atoms with E-state index in [0.717, 1.165) is 6.42 Å². The second-order valence-electron chi connectivity index (χ2n) is 6.46. The first-order chi connectivity index (χ1) is 9.46. The third kappa shape index (κ3) is 2.32. The van der Waals surface area contributed by atoms with Crippen LogP contribution in [-0.4, -0.2) is 6.17 Å². The van der Waals surface area contributed by atoms with E-state index in [1.165, 1.54) is 22.5 Å². The van der Waals surface area contributed by atoms with Crippen LogP contribution in [0.1, 0.15) is 25.8 Å². The van der Waals surface area contributed by atoms with Crippen LogP contribution in [-0.2, 0) is 0 Å². The van der Waals surface area contributed by atoms with Gasteiger partial charge in [-0.2, -0.15) is 0 Å². The minimum absolute atomic E-state index is 0.0845. The predicted molar refractivity (Wildman–Crippen MR) is 85.3 cm³/mol. The maximum absolute atomic E-state index is 6.33. The number of hydrogen-bond donors (Lipinski definition) is 1. The quantitative estimate of drug-likeness (QED) is 0.835. The zero-order chi connectivity index (χ0) is 14.3. The summed E-state index contributed by atoms with van der Waals surface area (Å²) in [6.45, 7) is 6.64. The minimum Gasteiger partial charge on any atom is -0.325 e. The summed E-state index contributed by atoms with van der Waals surface area (Å²) in [7, 11) is 0. The zero-order valence-corrected chi connectivity index (χ0v) is 12.4. The fourth-order valence-corrected chi connectivity index (χ4v) is 2.88. The molecular weight excluding hydrogens is 244 g/mol. The Hall–Kier alpha value is -1.80. The van der Waals surface area contributed by atoms with Crippen LogP contribution in [0.25, 0.3) is 0 Å². The number of aryl methyl sites for hydroxylation is 1. The molecule has 1 aliphatic carbocycles. The molecule has 104 valence electrons. The molecule has 0 bridgehead atoms. The Morgan fingerprint density at radius 2 is 1.85 bits per heavy atom. The number of nitrogens with zero attached hydrogens (tertiary/aromatic N) is 1. The largest absolute Gasteiger partial charge is 0.325 e. The Bertz CT molecular complexity index is 603. The van der Waals surface area contributed by atoms with Gasteiger partial charge in [-0.25, -0.2) is 0 Å². The maximum Gasteiger partial charge on any atom is 0.101 e. The summed E-state index contributed by atoms with van der Waals surface area (Å²) in [4.78, 5) is 2.26. The summed E-state index contributed by atoms with van der Waals surface area (Å²) in [6.07, 6.45) is 9.67. The summed E-state index contributed by atoms with van der Waals surface area (Å²) in [5.74, 6) is 0. The highest BCUT2D eigenvalue weighted by Gasteiger charge is 2.30. The van der Waals surface area contributed by atoms with E-state index < -0.39 is 0 Å². The molecule has 0 spiro atoms. The van der Waals surface area contributed by atoms with Crippen LogP contribution >= 0.6 is 0 Å². The third-order valence-corrected chi connectivity index (χ3v) is 4.04. The fourth-order valence-electron chi connectivity index (χ4n) is 2.88. The molecule has 2 N–H and O–H groups in total. The van der Waals surface area contributed by atoms with E-state index in [-0.39, 0.29) is 11.6 Å². The fraction of sp³-hybridized carbons (Fsp3) is 0.333. The highest BCUT2D eigenvalue weighted by molar-refractivity contribution is 5.61. The monoisotopic (exact) mass is 266 g/mol. The van der Waals surface area contributed by atoms with E-state index in [1.807, 2.05) is 0 Å². The first-order valence-corrected chi connectivity index (χ1v) is 7.18. The third-order valence-electron chi connectivity index (χ3n) is 4.04. The van der Waals surface area contributed by atoms with Crippen molar-refractivity contribution in [3.8, 4) is 0 Å². The van der Waals surface area contributed by atoms with Gasteiger partial charge in [0.25, 0.3) is 0 Å². The highest BCUT2D eigenvalue weighted by atomic mass is 15.2. The molecule has 0 amide bonds. The number of rotatable bonds is 1. The SMILES string of the molecule is Cc1ccc(N2C3=C(C=CC2N)C=CC(C)(C)C3)cc1. The standard InChI is InChI=1S/C18H22N2/c1-13-4-7-15(8-5-13)20-16-12-18(2,3)11-10-14(16)6-9-17(20)19/h4-11,17H,12,19H2,1-3H3. The number of hydrogen-bond acceptors (Lipinski definition) is 2. The minimum atomic E-state index is -0.0845. The van der Waals surface area contributed by atoms with Gasteiger partial charge in [-0.15, -0.1) is 0 Å². The molecule has 1 aromatic rings. The van der Waals surface area contributed by atoms with E-state index in [4.69, 9.17) is 5.73 Å². The Kier molecular flexibility index (Phi) is 3.06. The van der Waals surface area contributed by atoms with Crippen molar-refractivity contribution in [1.82, 2.24) is 0 Å². The molecule has 1 heterocycles. The van der Waals surface area contributed by atoms with Crippen molar-refractivity contribution in [3.05, 3.63) is 65.4 Å². The first kappa shape index (κ1) is 13.2. The Labute approximate surface area is 121 Å². The van der Waals surface area contributed by atoms with Crippen molar-refractivity contribution in [1.29, 1.82) is 0 Å². The summed E-state index contributed by atoms with van der Waals surface area (Å²) in [6, 6.07) is 8.60. The second-order valence-corrected chi connectivity index (χ2v) is 6.46. The van der Waals surface area contributed by atoms with Crippen molar-refractivity contribution in [2.24, 2.45) is 11.1 Å². The molecular formula is C18H22N2. The van der Waals surface area contributed by atoms with Gasteiger partial charge in [-0.1, -0.05) is 49.8 Å². The molecule has 0 aromatic heterocycles.